The lowest BCUT2D eigenvalue weighted by Crippen LogP contribution is -2.17. The fourth-order valence-corrected chi connectivity index (χ4v) is 2.51. The summed E-state index contributed by atoms with van der Waals surface area (Å²) in [4.78, 5) is 22.8. The topological polar surface area (TPSA) is 69.4 Å². The van der Waals surface area contributed by atoms with Gasteiger partial charge in [0.25, 0.3) is 0 Å². The van der Waals surface area contributed by atoms with E-state index in [0.29, 0.717) is 0 Å². The van der Waals surface area contributed by atoms with Gasteiger partial charge in [0.1, 0.15) is 11.5 Å². The second kappa shape index (κ2) is 8.08. The number of carbonyl (C=O) groups excluding carboxylic acids is 1. The summed E-state index contributed by atoms with van der Waals surface area (Å²) in [6, 6.07) is 16.4. The van der Waals surface area contributed by atoms with Gasteiger partial charge in [-0.25, -0.2) is 0 Å². The Labute approximate surface area is 135 Å². The van der Waals surface area contributed by atoms with Gasteiger partial charge < -0.3 is 4.74 Å². The second-order valence-electron chi connectivity index (χ2n) is 5.39. The van der Waals surface area contributed by atoms with Gasteiger partial charge in [0, 0.05) is 17.8 Å². The van der Waals surface area contributed by atoms with Crippen molar-refractivity contribution in [2.45, 2.75) is 18.8 Å². The van der Waals surface area contributed by atoms with Gasteiger partial charge in [-0.1, -0.05) is 42.5 Å². The molecule has 0 fully saturated rings. The summed E-state index contributed by atoms with van der Waals surface area (Å²) in [5.74, 6) is 0.333. The van der Waals surface area contributed by atoms with Crippen molar-refractivity contribution in [2.24, 2.45) is 0 Å². The summed E-state index contributed by atoms with van der Waals surface area (Å²) in [5.41, 5.74) is 1.70. The molecule has 0 spiro atoms. The van der Waals surface area contributed by atoms with E-state index in [4.69, 9.17) is 4.74 Å². The minimum Gasteiger partial charge on any atom is -0.497 e. The Morgan fingerprint density at radius 3 is 2.35 bits per heavy atom. The zero-order chi connectivity index (χ0) is 16.7. The van der Waals surface area contributed by atoms with E-state index in [2.05, 4.69) is 0 Å². The number of ketones is 1. The highest BCUT2D eigenvalue weighted by atomic mass is 16.6. The Balaban J connectivity index is 2.03. The van der Waals surface area contributed by atoms with Crippen LogP contribution in [-0.2, 0) is 11.2 Å². The average Bonchev–Trinajstić information content (AvgIpc) is 2.55. The number of nitrogens with zero attached hydrogens (tertiary/aromatic N) is 1. The van der Waals surface area contributed by atoms with E-state index < -0.39 is 5.92 Å². The lowest BCUT2D eigenvalue weighted by molar-refractivity contribution is -0.483. The Bertz CT molecular complexity index is 652. The maximum atomic E-state index is 12.3. The number of Topliss-reactive ketones (excluding diaryl/α,β-unsaturated/α-hetero) is 1. The first kappa shape index (κ1) is 16.7. The molecule has 0 N–H and O–H groups in total. The highest BCUT2D eigenvalue weighted by molar-refractivity contribution is 5.81. The summed E-state index contributed by atoms with van der Waals surface area (Å²) >= 11 is 0. The van der Waals surface area contributed by atoms with Crippen LogP contribution in [0.5, 0.6) is 5.75 Å². The molecule has 2 rings (SSSR count). The van der Waals surface area contributed by atoms with Crippen LogP contribution in [0.3, 0.4) is 0 Å². The van der Waals surface area contributed by atoms with Crippen LogP contribution >= 0.6 is 0 Å². The van der Waals surface area contributed by atoms with Gasteiger partial charge in [0.05, 0.1) is 13.0 Å². The second-order valence-corrected chi connectivity index (χ2v) is 5.39. The number of hydrogen-bond donors (Lipinski definition) is 0. The molecule has 0 heterocycles. The van der Waals surface area contributed by atoms with Crippen LogP contribution in [0.2, 0.25) is 0 Å². The van der Waals surface area contributed by atoms with Crippen LogP contribution in [0, 0.1) is 10.1 Å². The first-order valence-corrected chi connectivity index (χ1v) is 7.40. The first-order chi connectivity index (χ1) is 11.1. The first-order valence-electron chi connectivity index (χ1n) is 7.40. The van der Waals surface area contributed by atoms with Crippen molar-refractivity contribution in [3.05, 3.63) is 75.8 Å². The summed E-state index contributed by atoms with van der Waals surface area (Å²) in [7, 11) is 1.59. The van der Waals surface area contributed by atoms with Gasteiger partial charge in [0.15, 0.2) is 0 Å². The fraction of sp³-hybridized carbons (Fsp3) is 0.278. The van der Waals surface area contributed by atoms with Crippen molar-refractivity contribution in [1.29, 1.82) is 0 Å². The van der Waals surface area contributed by atoms with E-state index in [1.54, 1.807) is 19.2 Å². The van der Waals surface area contributed by atoms with Crippen LogP contribution < -0.4 is 4.74 Å². The van der Waals surface area contributed by atoms with Crippen LogP contribution in [0.4, 0.5) is 0 Å². The number of ether oxygens (including phenoxy) is 1. The van der Waals surface area contributed by atoms with Crippen molar-refractivity contribution in [3.63, 3.8) is 0 Å². The minimum atomic E-state index is -0.392. The molecule has 0 radical (unpaired) electrons. The van der Waals surface area contributed by atoms with Crippen molar-refractivity contribution in [3.8, 4) is 5.75 Å². The number of hydrogen-bond acceptors (Lipinski definition) is 4. The molecule has 0 aliphatic heterocycles. The lowest BCUT2D eigenvalue weighted by atomic mass is 9.92. The van der Waals surface area contributed by atoms with E-state index in [1.165, 1.54) is 0 Å². The van der Waals surface area contributed by atoms with Crippen molar-refractivity contribution in [1.82, 2.24) is 0 Å². The number of benzene rings is 2. The molecule has 0 amide bonds. The van der Waals surface area contributed by atoms with Gasteiger partial charge >= 0.3 is 0 Å². The molecule has 0 saturated heterocycles. The van der Waals surface area contributed by atoms with Gasteiger partial charge in [0.2, 0.25) is 6.54 Å². The molecule has 0 aromatic heterocycles. The van der Waals surface area contributed by atoms with Gasteiger partial charge in [-0.15, -0.1) is 0 Å². The van der Waals surface area contributed by atoms with Gasteiger partial charge in [-0.05, 0) is 23.3 Å². The molecular weight excluding hydrogens is 294 g/mol. The third-order valence-corrected chi connectivity index (χ3v) is 3.67. The number of carbonyl (C=O) groups is 1. The Hall–Kier alpha value is -2.69. The fourth-order valence-electron chi connectivity index (χ4n) is 2.51. The molecule has 0 saturated carbocycles. The molecule has 23 heavy (non-hydrogen) atoms. The van der Waals surface area contributed by atoms with E-state index in [9.17, 15) is 14.9 Å². The van der Waals surface area contributed by atoms with Crippen molar-refractivity contribution in [2.75, 3.05) is 13.7 Å². The normalized spacial score (nSPS) is 11.7. The van der Waals surface area contributed by atoms with Gasteiger partial charge in [-0.3, -0.25) is 14.9 Å². The lowest BCUT2D eigenvalue weighted by Gasteiger charge is -2.12. The molecule has 0 bridgehead atoms. The molecule has 0 aliphatic rings. The summed E-state index contributed by atoms with van der Waals surface area (Å²) in [5, 5.41) is 10.9. The molecule has 0 unspecified atom stereocenters. The van der Waals surface area contributed by atoms with Crippen LogP contribution in [0.1, 0.15) is 23.5 Å². The monoisotopic (exact) mass is 313 g/mol. The molecule has 2 aromatic carbocycles. The quantitative estimate of drug-likeness (QED) is 0.554. The Morgan fingerprint density at radius 2 is 1.78 bits per heavy atom. The zero-order valence-corrected chi connectivity index (χ0v) is 13.0. The molecule has 0 aliphatic carbocycles. The van der Waals surface area contributed by atoms with Crippen molar-refractivity contribution >= 4 is 5.78 Å². The number of nitro groups is 1. The standard InChI is InChI=1S/C18H19NO4/c1-23-18-9-7-14(8-10-18)11-17(20)12-16(13-19(21)22)15-5-3-2-4-6-15/h2-10,16H,11-13H2,1H3/t16-/m0/s1. The van der Waals surface area contributed by atoms with Crippen LogP contribution in [0.25, 0.3) is 0 Å². The predicted molar refractivity (Wildman–Crippen MR) is 87.4 cm³/mol. The molecule has 5 nitrogen and oxygen atoms in total. The van der Waals surface area contributed by atoms with E-state index in [0.717, 1.165) is 16.9 Å². The smallest absolute Gasteiger partial charge is 0.211 e. The summed E-state index contributed by atoms with van der Waals surface area (Å²) < 4.78 is 5.08. The SMILES string of the molecule is COc1ccc(CC(=O)C[C@@H](C[N+](=O)[O-])c2ccccc2)cc1. The third-order valence-electron chi connectivity index (χ3n) is 3.67. The highest BCUT2D eigenvalue weighted by Crippen LogP contribution is 2.21. The summed E-state index contributed by atoms with van der Waals surface area (Å²) in [6.45, 7) is -0.238. The van der Waals surface area contributed by atoms with E-state index in [-0.39, 0.29) is 30.1 Å². The molecule has 2 aromatic rings. The molecule has 5 heteroatoms. The average molecular weight is 313 g/mol. The molecule has 1 atom stereocenters. The third kappa shape index (κ3) is 5.21. The number of methoxy groups -OCH3 is 1. The molecular formula is C18H19NO4. The molecule has 120 valence electrons. The maximum Gasteiger partial charge on any atom is 0.211 e. The largest absolute Gasteiger partial charge is 0.497 e. The van der Waals surface area contributed by atoms with Gasteiger partial charge in [-0.2, -0.15) is 0 Å². The van der Waals surface area contributed by atoms with Crippen LogP contribution in [0.15, 0.2) is 54.6 Å². The minimum absolute atomic E-state index is 0.00845. The van der Waals surface area contributed by atoms with E-state index >= 15 is 0 Å². The zero-order valence-electron chi connectivity index (χ0n) is 13.0. The Morgan fingerprint density at radius 1 is 1.13 bits per heavy atom. The highest BCUT2D eigenvalue weighted by Gasteiger charge is 2.21. The maximum absolute atomic E-state index is 12.3. The summed E-state index contributed by atoms with van der Waals surface area (Å²) in [6.07, 6.45) is 0.433. The predicted octanol–water partition coefficient (Wildman–Crippen LogP) is 3.26. The van der Waals surface area contributed by atoms with Crippen LogP contribution in [-0.4, -0.2) is 24.4 Å². The number of rotatable bonds is 8. The Kier molecular flexibility index (Phi) is 5.86. The van der Waals surface area contributed by atoms with Crippen molar-refractivity contribution < 1.29 is 14.5 Å². The van der Waals surface area contributed by atoms with E-state index in [1.807, 2.05) is 42.5 Å².